The van der Waals surface area contributed by atoms with Crippen LogP contribution < -0.4 is 5.43 Å². The fraction of sp³-hybridized carbons (Fsp3) is 0.375. The van der Waals surface area contributed by atoms with E-state index in [9.17, 15) is 9.59 Å². The summed E-state index contributed by atoms with van der Waals surface area (Å²) in [7, 11) is 0. The largest absolute Gasteiger partial charge is 0.347 e. The molecule has 3 heteroatoms. The van der Waals surface area contributed by atoms with E-state index in [1.165, 1.54) is 0 Å². The molecule has 0 amide bonds. The van der Waals surface area contributed by atoms with E-state index in [4.69, 9.17) is 0 Å². The molecule has 3 nitrogen and oxygen atoms in total. The minimum Gasteiger partial charge on any atom is -0.347 e. The zero-order valence-electron chi connectivity index (χ0n) is 11.7. The van der Waals surface area contributed by atoms with Crippen LogP contribution in [0.5, 0.6) is 0 Å². The number of aromatic nitrogens is 1. The van der Waals surface area contributed by atoms with Gasteiger partial charge in [-0.3, -0.25) is 9.59 Å². The summed E-state index contributed by atoms with van der Waals surface area (Å²) < 4.78 is 2.02. The van der Waals surface area contributed by atoms with Crippen LogP contribution in [-0.2, 0) is 6.54 Å². The molecule has 0 spiro atoms. The number of fused-ring (bicyclic) bond motifs is 1. The average molecular weight is 257 g/mol. The third-order valence-corrected chi connectivity index (χ3v) is 3.60. The Balaban J connectivity index is 2.79. The van der Waals surface area contributed by atoms with Gasteiger partial charge in [-0.15, -0.1) is 0 Å². The molecule has 0 fully saturated rings. The summed E-state index contributed by atoms with van der Waals surface area (Å²) in [6, 6.07) is 3.93. The number of carbonyl (C=O) groups excluding carboxylic acids is 1. The van der Waals surface area contributed by atoms with E-state index >= 15 is 0 Å². The molecule has 1 heterocycles. The molecule has 0 atom stereocenters. The van der Waals surface area contributed by atoms with Crippen LogP contribution in [0.1, 0.15) is 41.3 Å². The summed E-state index contributed by atoms with van der Waals surface area (Å²) in [5.41, 5.74) is 3.24. The zero-order valence-corrected chi connectivity index (χ0v) is 11.7. The van der Waals surface area contributed by atoms with E-state index in [2.05, 4.69) is 6.92 Å². The first kappa shape index (κ1) is 13.5. The van der Waals surface area contributed by atoms with Crippen LogP contribution >= 0.6 is 0 Å². The molecule has 0 saturated carbocycles. The Morgan fingerprint density at radius 1 is 1.21 bits per heavy atom. The Morgan fingerprint density at radius 3 is 2.53 bits per heavy atom. The van der Waals surface area contributed by atoms with E-state index < -0.39 is 0 Å². The van der Waals surface area contributed by atoms with Gasteiger partial charge in [0, 0.05) is 18.1 Å². The predicted molar refractivity (Wildman–Crippen MR) is 78.0 cm³/mol. The monoisotopic (exact) mass is 257 g/mol. The Bertz CT molecular complexity index is 683. The lowest BCUT2D eigenvalue weighted by Gasteiger charge is -2.13. The minimum atomic E-state index is -0.166. The number of nitrogens with zero attached hydrogens (tertiary/aromatic N) is 1. The van der Waals surface area contributed by atoms with Gasteiger partial charge in [0.25, 0.3) is 0 Å². The molecule has 0 bridgehead atoms. The SMILES string of the molecule is CCCCn1cc(C=O)c(=O)c2cc(C)c(C)cc21. The van der Waals surface area contributed by atoms with Gasteiger partial charge in [-0.25, -0.2) is 0 Å². The van der Waals surface area contributed by atoms with Crippen LogP contribution in [0.15, 0.2) is 23.1 Å². The van der Waals surface area contributed by atoms with Crippen molar-refractivity contribution in [2.24, 2.45) is 0 Å². The van der Waals surface area contributed by atoms with Crippen LogP contribution in [0.2, 0.25) is 0 Å². The maximum absolute atomic E-state index is 12.2. The Morgan fingerprint density at radius 2 is 1.89 bits per heavy atom. The van der Waals surface area contributed by atoms with Gasteiger partial charge in [-0.05, 0) is 43.5 Å². The lowest BCUT2D eigenvalue weighted by Crippen LogP contribution is -2.15. The summed E-state index contributed by atoms with van der Waals surface area (Å²) in [6.45, 7) is 6.98. The first-order valence-corrected chi connectivity index (χ1v) is 6.68. The van der Waals surface area contributed by atoms with Crippen LogP contribution in [0, 0.1) is 13.8 Å². The van der Waals surface area contributed by atoms with Crippen molar-refractivity contribution in [3.63, 3.8) is 0 Å². The summed E-state index contributed by atoms with van der Waals surface area (Å²) >= 11 is 0. The van der Waals surface area contributed by atoms with E-state index in [1.807, 2.05) is 30.5 Å². The van der Waals surface area contributed by atoms with Gasteiger partial charge < -0.3 is 4.57 Å². The van der Waals surface area contributed by atoms with Crippen molar-refractivity contribution in [1.82, 2.24) is 4.57 Å². The van der Waals surface area contributed by atoms with Gasteiger partial charge in [-0.1, -0.05) is 13.3 Å². The van der Waals surface area contributed by atoms with Gasteiger partial charge in [0.15, 0.2) is 11.7 Å². The third-order valence-electron chi connectivity index (χ3n) is 3.60. The number of rotatable bonds is 4. The zero-order chi connectivity index (χ0) is 14.0. The van der Waals surface area contributed by atoms with Crippen molar-refractivity contribution in [2.75, 3.05) is 0 Å². The molecule has 0 aliphatic carbocycles. The molecule has 2 rings (SSSR count). The average Bonchev–Trinajstić information content (AvgIpc) is 2.40. The standard InChI is InChI=1S/C16H19NO2/c1-4-5-6-17-9-13(10-18)16(19)14-7-11(2)12(3)8-15(14)17/h7-10H,4-6H2,1-3H3. The number of aldehydes is 1. The van der Waals surface area contributed by atoms with Crippen LogP contribution in [0.3, 0.4) is 0 Å². The van der Waals surface area contributed by atoms with E-state index in [0.717, 1.165) is 36.0 Å². The van der Waals surface area contributed by atoms with Crippen molar-refractivity contribution < 1.29 is 4.79 Å². The molecule has 0 aliphatic heterocycles. The lowest BCUT2D eigenvalue weighted by atomic mass is 10.0. The number of aryl methyl sites for hydroxylation is 3. The van der Waals surface area contributed by atoms with E-state index in [1.54, 1.807) is 6.20 Å². The lowest BCUT2D eigenvalue weighted by molar-refractivity contribution is 0.112. The number of benzene rings is 1. The van der Waals surface area contributed by atoms with E-state index in [-0.39, 0.29) is 11.0 Å². The highest BCUT2D eigenvalue weighted by Crippen LogP contribution is 2.18. The van der Waals surface area contributed by atoms with Gasteiger partial charge >= 0.3 is 0 Å². The highest BCUT2D eigenvalue weighted by molar-refractivity contribution is 5.87. The Kier molecular flexibility index (Phi) is 3.84. The fourth-order valence-electron chi connectivity index (χ4n) is 2.27. The summed E-state index contributed by atoms with van der Waals surface area (Å²) in [5, 5.41) is 0.642. The van der Waals surface area contributed by atoms with Gasteiger partial charge in [0.2, 0.25) is 0 Å². The quantitative estimate of drug-likeness (QED) is 0.789. The smallest absolute Gasteiger partial charge is 0.199 e. The number of pyridine rings is 1. The topological polar surface area (TPSA) is 39.1 Å². The minimum absolute atomic E-state index is 0.166. The second-order valence-corrected chi connectivity index (χ2v) is 5.03. The molecular formula is C16H19NO2. The van der Waals surface area contributed by atoms with Gasteiger partial charge in [0.1, 0.15) is 0 Å². The Labute approximate surface area is 112 Å². The van der Waals surface area contributed by atoms with Crippen molar-refractivity contribution >= 4 is 17.2 Å². The maximum atomic E-state index is 12.2. The molecule has 0 N–H and O–H groups in total. The third kappa shape index (κ3) is 2.46. The molecule has 0 saturated heterocycles. The molecule has 1 aromatic carbocycles. The van der Waals surface area contributed by atoms with Crippen LogP contribution in [-0.4, -0.2) is 10.9 Å². The molecule has 0 aliphatic rings. The number of carbonyl (C=O) groups is 1. The maximum Gasteiger partial charge on any atom is 0.199 e. The second-order valence-electron chi connectivity index (χ2n) is 5.03. The first-order chi connectivity index (χ1) is 9.08. The van der Waals surface area contributed by atoms with Crippen molar-refractivity contribution in [3.8, 4) is 0 Å². The molecule has 100 valence electrons. The summed E-state index contributed by atoms with van der Waals surface area (Å²) in [4.78, 5) is 23.2. The highest BCUT2D eigenvalue weighted by atomic mass is 16.1. The van der Waals surface area contributed by atoms with Gasteiger partial charge in [0.05, 0.1) is 11.1 Å². The van der Waals surface area contributed by atoms with Crippen LogP contribution in [0.25, 0.3) is 10.9 Å². The predicted octanol–water partition coefficient (Wildman–Crippen LogP) is 3.23. The summed E-state index contributed by atoms with van der Waals surface area (Å²) in [6.07, 6.45) is 4.44. The molecule has 1 aromatic heterocycles. The molecule has 2 aromatic rings. The van der Waals surface area contributed by atoms with Gasteiger partial charge in [-0.2, -0.15) is 0 Å². The van der Waals surface area contributed by atoms with Crippen LogP contribution in [0.4, 0.5) is 0 Å². The van der Waals surface area contributed by atoms with Crippen molar-refractivity contribution in [2.45, 2.75) is 40.2 Å². The fourth-order valence-corrected chi connectivity index (χ4v) is 2.27. The molecule has 19 heavy (non-hydrogen) atoms. The molecule has 0 radical (unpaired) electrons. The van der Waals surface area contributed by atoms with Crippen molar-refractivity contribution in [3.05, 3.63) is 45.2 Å². The highest BCUT2D eigenvalue weighted by Gasteiger charge is 2.09. The summed E-state index contributed by atoms with van der Waals surface area (Å²) in [5.74, 6) is 0. The Hall–Kier alpha value is -1.90. The van der Waals surface area contributed by atoms with E-state index in [0.29, 0.717) is 11.7 Å². The number of unbranched alkanes of at least 4 members (excludes halogenated alkanes) is 1. The number of hydrogen-bond acceptors (Lipinski definition) is 2. The normalized spacial score (nSPS) is 10.9. The molecule has 0 unspecified atom stereocenters. The molecular weight excluding hydrogens is 238 g/mol. The second kappa shape index (κ2) is 5.39. The first-order valence-electron chi connectivity index (χ1n) is 6.68. The van der Waals surface area contributed by atoms with Crippen molar-refractivity contribution in [1.29, 1.82) is 0 Å². The number of hydrogen-bond donors (Lipinski definition) is 0.